The molecule has 1 saturated heterocycles. The number of carbonyl (C=O) groups is 1. The summed E-state index contributed by atoms with van der Waals surface area (Å²) in [5.74, 6) is -0.350. The molecule has 0 saturated carbocycles. The molecule has 96 valence electrons. The Morgan fingerprint density at radius 3 is 2.78 bits per heavy atom. The zero-order chi connectivity index (χ0) is 13.3. The van der Waals surface area contributed by atoms with Crippen molar-refractivity contribution in [1.29, 1.82) is 0 Å². The van der Waals surface area contributed by atoms with Crippen molar-refractivity contribution >= 4 is 23.2 Å². The van der Waals surface area contributed by atoms with Crippen molar-refractivity contribution in [3.05, 3.63) is 38.9 Å². The van der Waals surface area contributed by atoms with Gasteiger partial charge >= 0.3 is 0 Å². The van der Waals surface area contributed by atoms with Crippen LogP contribution in [0.5, 0.6) is 0 Å². The van der Waals surface area contributed by atoms with Gasteiger partial charge in [0.15, 0.2) is 0 Å². The van der Waals surface area contributed by atoms with E-state index in [-0.39, 0.29) is 28.7 Å². The number of aliphatic hydroxyl groups is 1. The topological polar surface area (TPSA) is 83.7 Å². The minimum atomic E-state index is -0.596. The molecule has 2 rings (SSSR count). The van der Waals surface area contributed by atoms with Gasteiger partial charge in [0.05, 0.1) is 11.0 Å². The number of non-ortho nitro benzene ring substituents is 1. The standard InChI is InChI=1S/C11H11ClN2O4/c12-8-3-7(4-9(5-8)14(17)18)11(16)13-2-1-10(15)6-13/h3-5,10,15H,1-2,6H2/t10-/m1/s1. The number of nitro benzene ring substituents is 1. The van der Waals surface area contributed by atoms with Crippen molar-refractivity contribution in [2.75, 3.05) is 13.1 Å². The molecule has 1 amide bonds. The molecule has 0 bridgehead atoms. The Balaban J connectivity index is 2.27. The van der Waals surface area contributed by atoms with Crippen LogP contribution in [0.15, 0.2) is 18.2 Å². The van der Waals surface area contributed by atoms with Gasteiger partial charge < -0.3 is 10.0 Å². The maximum atomic E-state index is 12.1. The second-order valence-electron chi connectivity index (χ2n) is 4.15. The summed E-state index contributed by atoms with van der Waals surface area (Å²) in [6, 6.07) is 3.78. The Morgan fingerprint density at radius 2 is 2.22 bits per heavy atom. The smallest absolute Gasteiger partial charge is 0.271 e. The third-order valence-corrected chi connectivity index (χ3v) is 3.01. The molecule has 7 heteroatoms. The summed E-state index contributed by atoms with van der Waals surface area (Å²) in [4.78, 5) is 23.6. The third kappa shape index (κ3) is 2.60. The van der Waals surface area contributed by atoms with E-state index in [1.54, 1.807) is 0 Å². The summed E-state index contributed by atoms with van der Waals surface area (Å²) >= 11 is 5.75. The number of benzene rings is 1. The lowest BCUT2D eigenvalue weighted by Gasteiger charge is -2.15. The van der Waals surface area contributed by atoms with Crippen LogP contribution >= 0.6 is 11.6 Å². The fourth-order valence-corrected chi connectivity index (χ4v) is 2.14. The van der Waals surface area contributed by atoms with E-state index >= 15 is 0 Å². The van der Waals surface area contributed by atoms with E-state index in [2.05, 4.69) is 0 Å². The van der Waals surface area contributed by atoms with E-state index in [4.69, 9.17) is 11.6 Å². The molecule has 0 spiro atoms. The van der Waals surface area contributed by atoms with Crippen LogP contribution in [0.2, 0.25) is 5.02 Å². The molecule has 1 heterocycles. The Bertz CT molecular complexity index is 506. The average Bonchev–Trinajstić information content (AvgIpc) is 2.74. The van der Waals surface area contributed by atoms with Gasteiger partial charge in [0.25, 0.3) is 11.6 Å². The number of β-amino-alcohol motifs (C(OH)–C–C–N with tert-alkyl or cyclic N) is 1. The number of nitro groups is 1. The Labute approximate surface area is 108 Å². The number of rotatable bonds is 2. The van der Waals surface area contributed by atoms with Gasteiger partial charge in [0.1, 0.15) is 0 Å². The number of hydrogen-bond donors (Lipinski definition) is 1. The van der Waals surface area contributed by atoms with E-state index in [0.29, 0.717) is 13.0 Å². The van der Waals surface area contributed by atoms with Crippen molar-refractivity contribution in [3.8, 4) is 0 Å². The number of amides is 1. The molecule has 0 unspecified atom stereocenters. The molecule has 0 aromatic heterocycles. The molecule has 1 aromatic rings. The zero-order valence-corrected chi connectivity index (χ0v) is 10.1. The van der Waals surface area contributed by atoms with Gasteiger partial charge in [-0.3, -0.25) is 14.9 Å². The lowest BCUT2D eigenvalue weighted by Crippen LogP contribution is -2.29. The van der Waals surface area contributed by atoms with E-state index in [0.717, 1.165) is 0 Å². The fraction of sp³-hybridized carbons (Fsp3) is 0.364. The number of aliphatic hydroxyl groups excluding tert-OH is 1. The van der Waals surface area contributed by atoms with Gasteiger partial charge in [-0.2, -0.15) is 0 Å². The number of likely N-dealkylation sites (tertiary alicyclic amines) is 1. The molecular weight excluding hydrogens is 260 g/mol. The summed E-state index contributed by atoms with van der Waals surface area (Å²) in [5.41, 5.74) is -0.0473. The Hall–Kier alpha value is -1.66. The lowest BCUT2D eigenvalue weighted by molar-refractivity contribution is -0.384. The molecule has 0 aliphatic carbocycles. The number of hydrogen-bond acceptors (Lipinski definition) is 4. The monoisotopic (exact) mass is 270 g/mol. The van der Waals surface area contributed by atoms with Crippen LogP contribution in [0.3, 0.4) is 0 Å². The molecular formula is C11H11ClN2O4. The summed E-state index contributed by atoms with van der Waals surface area (Å²) < 4.78 is 0. The Morgan fingerprint density at radius 1 is 1.50 bits per heavy atom. The molecule has 1 atom stereocenters. The molecule has 1 aromatic carbocycles. The number of carbonyl (C=O) groups excluding carboxylic acids is 1. The second-order valence-corrected chi connectivity index (χ2v) is 4.59. The number of nitrogens with zero attached hydrogens (tertiary/aromatic N) is 2. The number of halogens is 1. The molecule has 1 fully saturated rings. The molecule has 1 N–H and O–H groups in total. The van der Waals surface area contributed by atoms with E-state index in [9.17, 15) is 20.0 Å². The normalized spacial score (nSPS) is 19.0. The molecule has 1 aliphatic heterocycles. The minimum absolute atomic E-state index is 0.146. The average molecular weight is 271 g/mol. The second kappa shape index (κ2) is 4.91. The molecule has 6 nitrogen and oxygen atoms in total. The van der Waals surface area contributed by atoms with Crippen LogP contribution in [0.4, 0.5) is 5.69 Å². The van der Waals surface area contributed by atoms with Gasteiger partial charge in [0.2, 0.25) is 0 Å². The van der Waals surface area contributed by atoms with Gasteiger partial charge in [-0.25, -0.2) is 0 Å². The highest BCUT2D eigenvalue weighted by Gasteiger charge is 2.26. The maximum Gasteiger partial charge on any atom is 0.271 e. The van der Waals surface area contributed by atoms with Crippen LogP contribution in [0.1, 0.15) is 16.8 Å². The fourth-order valence-electron chi connectivity index (χ4n) is 1.91. The Kier molecular flexibility index (Phi) is 3.49. The first kappa shape index (κ1) is 12.8. The largest absolute Gasteiger partial charge is 0.391 e. The zero-order valence-electron chi connectivity index (χ0n) is 9.38. The summed E-state index contributed by atoms with van der Waals surface area (Å²) in [6.07, 6.45) is -0.00267. The minimum Gasteiger partial charge on any atom is -0.391 e. The van der Waals surface area contributed by atoms with E-state index < -0.39 is 11.0 Å². The van der Waals surface area contributed by atoms with E-state index in [1.165, 1.54) is 23.1 Å². The van der Waals surface area contributed by atoms with Crippen molar-refractivity contribution in [3.63, 3.8) is 0 Å². The molecule has 18 heavy (non-hydrogen) atoms. The van der Waals surface area contributed by atoms with Crippen LogP contribution < -0.4 is 0 Å². The third-order valence-electron chi connectivity index (χ3n) is 2.79. The van der Waals surface area contributed by atoms with Crippen LogP contribution in [0.25, 0.3) is 0 Å². The summed E-state index contributed by atoms with van der Waals surface area (Å²) in [5, 5.41) is 20.2. The van der Waals surface area contributed by atoms with Crippen molar-refractivity contribution < 1.29 is 14.8 Å². The van der Waals surface area contributed by atoms with Gasteiger partial charge in [-0.1, -0.05) is 11.6 Å². The van der Waals surface area contributed by atoms with Crippen molar-refractivity contribution in [2.45, 2.75) is 12.5 Å². The van der Waals surface area contributed by atoms with Gasteiger partial charge in [-0.15, -0.1) is 0 Å². The van der Waals surface area contributed by atoms with Crippen LogP contribution in [-0.4, -0.2) is 40.0 Å². The lowest BCUT2D eigenvalue weighted by atomic mass is 10.2. The quantitative estimate of drug-likeness (QED) is 0.651. The summed E-state index contributed by atoms with van der Waals surface area (Å²) in [7, 11) is 0. The highest BCUT2D eigenvalue weighted by atomic mass is 35.5. The molecule has 0 radical (unpaired) electrons. The first-order chi connectivity index (χ1) is 8.47. The van der Waals surface area contributed by atoms with Crippen LogP contribution in [0, 0.1) is 10.1 Å². The van der Waals surface area contributed by atoms with Crippen LogP contribution in [-0.2, 0) is 0 Å². The van der Waals surface area contributed by atoms with Gasteiger partial charge in [-0.05, 0) is 12.5 Å². The SMILES string of the molecule is O=C(c1cc(Cl)cc([N+](=O)[O-])c1)N1CC[C@@H](O)C1. The summed E-state index contributed by atoms with van der Waals surface area (Å²) in [6.45, 7) is 0.694. The first-order valence-electron chi connectivity index (χ1n) is 5.39. The maximum absolute atomic E-state index is 12.1. The molecule has 1 aliphatic rings. The van der Waals surface area contributed by atoms with E-state index in [1.807, 2.05) is 0 Å². The first-order valence-corrected chi connectivity index (χ1v) is 5.77. The van der Waals surface area contributed by atoms with Crippen molar-refractivity contribution in [2.24, 2.45) is 0 Å². The predicted octanol–water partition coefficient (Wildman–Crippen LogP) is 1.45. The van der Waals surface area contributed by atoms with Crippen molar-refractivity contribution in [1.82, 2.24) is 4.90 Å². The highest BCUT2D eigenvalue weighted by Crippen LogP contribution is 2.23. The van der Waals surface area contributed by atoms with Gasteiger partial charge in [0, 0.05) is 35.8 Å². The predicted molar refractivity (Wildman–Crippen MR) is 64.6 cm³/mol. The highest BCUT2D eigenvalue weighted by molar-refractivity contribution is 6.31.